The molecule has 4 rings (SSSR count). The van der Waals surface area contributed by atoms with Crippen LogP contribution >= 0.6 is 23.2 Å². The van der Waals surface area contributed by atoms with Crippen molar-refractivity contribution in [3.05, 3.63) is 81.6 Å². The molecule has 1 aliphatic rings. The van der Waals surface area contributed by atoms with Gasteiger partial charge in [0.15, 0.2) is 0 Å². The summed E-state index contributed by atoms with van der Waals surface area (Å²) in [6, 6.07) is 15.1. The van der Waals surface area contributed by atoms with Crippen molar-refractivity contribution in [1.29, 1.82) is 0 Å². The van der Waals surface area contributed by atoms with Gasteiger partial charge in [-0.1, -0.05) is 53.5 Å². The average Bonchev–Trinajstić information content (AvgIpc) is 3.19. The van der Waals surface area contributed by atoms with E-state index < -0.39 is 0 Å². The number of hydrogen-bond acceptors (Lipinski definition) is 3. The van der Waals surface area contributed by atoms with Crippen molar-refractivity contribution in [2.24, 2.45) is 0 Å². The van der Waals surface area contributed by atoms with Crippen molar-refractivity contribution < 1.29 is 4.79 Å². The molecule has 0 atom stereocenters. The highest BCUT2D eigenvalue weighted by molar-refractivity contribution is 6.32. The van der Waals surface area contributed by atoms with Gasteiger partial charge in [0.2, 0.25) is 0 Å². The summed E-state index contributed by atoms with van der Waals surface area (Å²) in [5, 5.41) is 12.2. The molecule has 1 aromatic heterocycles. The second-order valence-corrected chi connectivity index (χ2v) is 7.92. The Hall–Kier alpha value is -2.34. The quantitative estimate of drug-likeness (QED) is 0.625. The van der Waals surface area contributed by atoms with Crippen LogP contribution in [0.15, 0.2) is 54.7 Å². The Morgan fingerprint density at radius 3 is 2.48 bits per heavy atom. The van der Waals surface area contributed by atoms with Crippen LogP contribution in [0.5, 0.6) is 0 Å². The fourth-order valence-electron chi connectivity index (χ4n) is 3.75. The van der Waals surface area contributed by atoms with Gasteiger partial charge in [-0.3, -0.25) is 4.79 Å². The molecule has 0 saturated carbocycles. The number of carbonyl (C=O) groups excluding carboxylic acids is 1. The fraction of sp³-hybridized carbons (Fsp3) is 0.273. The third-order valence-corrected chi connectivity index (χ3v) is 5.94. The van der Waals surface area contributed by atoms with Gasteiger partial charge < -0.3 is 10.6 Å². The van der Waals surface area contributed by atoms with E-state index in [1.165, 1.54) is 0 Å². The normalized spacial score (nSPS) is 14.7. The van der Waals surface area contributed by atoms with Crippen molar-refractivity contribution >= 4 is 29.1 Å². The van der Waals surface area contributed by atoms with Gasteiger partial charge in [0.05, 0.1) is 28.2 Å². The van der Waals surface area contributed by atoms with Crippen LogP contribution in [0, 0.1) is 0 Å². The molecule has 0 aliphatic carbocycles. The molecule has 0 unspecified atom stereocenters. The Bertz CT molecular complexity index is 1010. The highest BCUT2D eigenvalue weighted by Gasteiger charge is 2.27. The Kier molecular flexibility index (Phi) is 6.19. The van der Waals surface area contributed by atoms with E-state index in [9.17, 15) is 4.79 Å². The Balaban J connectivity index is 1.66. The number of nitrogens with one attached hydrogen (secondary N) is 2. The van der Waals surface area contributed by atoms with Gasteiger partial charge in [-0.25, -0.2) is 4.68 Å². The largest absolute Gasteiger partial charge is 0.348 e. The minimum absolute atomic E-state index is 0.156. The maximum absolute atomic E-state index is 13.1. The minimum atomic E-state index is -0.156. The van der Waals surface area contributed by atoms with Gasteiger partial charge in [0, 0.05) is 17.5 Å². The molecule has 2 aromatic carbocycles. The number of nitrogens with zero attached hydrogens (tertiary/aromatic N) is 2. The molecular weight excluding hydrogens is 407 g/mol. The maximum Gasteiger partial charge on any atom is 0.255 e. The van der Waals surface area contributed by atoms with Crippen LogP contribution in [-0.2, 0) is 6.54 Å². The van der Waals surface area contributed by atoms with Gasteiger partial charge in [-0.2, -0.15) is 5.10 Å². The molecule has 1 aliphatic heterocycles. The number of piperidine rings is 1. The molecule has 2 N–H and O–H groups in total. The van der Waals surface area contributed by atoms with Crippen molar-refractivity contribution in [3.63, 3.8) is 0 Å². The summed E-state index contributed by atoms with van der Waals surface area (Å²) in [7, 11) is 0. The smallest absolute Gasteiger partial charge is 0.255 e. The molecule has 150 valence electrons. The van der Waals surface area contributed by atoms with Crippen LogP contribution in [0.3, 0.4) is 0 Å². The van der Waals surface area contributed by atoms with Crippen molar-refractivity contribution in [1.82, 2.24) is 20.4 Å². The predicted molar refractivity (Wildman–Crippen MR) is 116 cm³/mol. The number of carbonyl (C=O) groups is 1. The third-order valence-electron chi connectivity index (χ3n) is 5.25. The Morgan fingerprint density at radius 1 is 1.07 bits per heavy atom. The first-order valence-electron chi connectivity index (χ1n) is 9.70. The monoisotopic (exact) mass is 428 g/mol. The zero-order chi connectivity index (χ0) is 20.2. The van der Waals surface area contributed by atoms with Crippen molar-refractivity contribution in [2.75, 3.05) is 13.1 Å². The van der Waals surface area contributed by atoms with E-state index in [-0.39, 0.29) is 11.8 Å². The highest BCUT2D eigenvalue weighted by Crippen LogP contribution is 2.32. The Morgan fingerprint density at radius 2 is 1.76 bits per heavy atom. The van der Waals surface area contributed by atoms with Gasteiger partial charge >= 0.3 is 0 Å². The molecule has 29 heavy (non-hydrogen) atoms. The molecule has 1 saturated heterocycles. The summed E-state index contributed by atoms with van der Waals surface area (Å²) in [6.45, 7) is 2.19. The SMILES string of the molecule is O=C(NCc1ccccc1Cl)c1cnn(-c2ccccc2Cl)c1C1CCNCC1. The minimum Gasteiger partial charge on any atom is -0.348 e. The highest BCUT2D eigenvalue weighted by atomic mass is 35.5. The lowest BCUT2D eigenvalue weighted by Gasteiger charge is -2.25. The lowest BCUT2D eigenvalue weighted by atomic mass is 9.91. The van der Waals surface area contributed by atoms with Gasteiger partial charge in [0.25, 0.3) is 5.91 Å². The molecule has 3 aromatic rings. The molecule has 0 bridgehead atoms. The molecule has 1 fully saturated rings. The molecule has 5 nitrogen and oxygen atoms in total. The predicted octanol–water partition coefficient (Wildman–Crippen LogP) is 4.58. The molecule has 2 heterocycles. The summed E-state index contributed by atoms with van der Waals surface area (Å²) in [6.07, 6.45) is 3.53. The van der Waals surface area contributed by atoms with Crippen LogP contribution in [-0.4, -0.2) is 28.8 Å². The molecule has 0 spiro atoms. The van der Waals surface area contributed by atoms with E-state index in [1.807, 2.05) is 53.2 Å². The van der Waals surface area contributed by atoms with Crippen LogP contribution in [0.4, 0.5) is 0 Å². The van der Waals surface area contributed by atoms with Crippen LogP contribution in [0.25, 0.3) is 5.69 Å². The van der Waals surface area contributed by atoms with Gasteiger partial charge in [0.1, 0.15) is 0 Å². The number of benzene rings is 2. The lowest BCUT2D eigenvalue weighted by Crippen LogP contribution is -2.30. The van der Waals surface area contributed by atoms with Crippen LogP contribution in [0.1, 0.15) is 40.4 Å². The molecule has 7 heteroatoms. The molecular formula is C22H22Cl2N4O. The van der Waals surface area contributed by atoms with E-state index in [0.29, 0.717) is 22.2 Å². The van der Waals surface area contributed by atoms with E-state index in [0.717, 1.165) is 42.9 Å². The number of rotatable bonds is 5. The molecule has 1 amide bonds. The van der Waals surface area contributed by atoms with Gasteiger partial charge in [-0.15, -0.1) is 0 Å². The zero-order valence-corrected chi connectivity index (χ0v) is 17.4. The van der Waals surface area contributed by atoms with Crippen molar-refractivity contribution in [2.45, 2.75) is 25.3 Å². The molecule has 0 radical (unpaired) electrons. The summed E-state index contributed by atoms with van der Waals surface area (Å²) in [5.41, 5.74) is 3.16. The van der Waals surface area contributed by atoms with Crippen LogP contribution < -0.4 is 10.6 Å². The number of aromatic nitrogens is 2. The first-order valence-corrected chi connectivity index (χ1v) is 10.5. The summed E-state index contributed by atoms with van der Waals surface area (Å²) >= 11 is 12.6. The summed E-state index contributed by atoms with van der Waals surface area (Å²) in [4.78, 5) is 13.1. The standard InChI is InChI=1S/C22H22Cl2N4O/c23-18-6-2-1-5-16(18)13-26-22(29)17-14-27-28(20-8-4-3-7-19(20)24)21(17)15-9-11-25-12-10-15/h1-8,14-15,25H,9-13H2,(H,26,29). The second-order valence-electron chi connectivity index (χ2n) is 7.11. The van der Waals surface area contributed by atoms with Crippen LogP contribution in [0.2, 0.25) is 10.0 Å². The number of halogens is 2. The third kappa shape index (κ3) is 4.32. The van der Waals surface area contributed by atoms with Crippen molar-refractivity contribution in [3.8, 4) is 5.69 Å². The van der Waals surface area contributed by atoms with E-state index >= 15 is 0 Å². The first kappa shape index (κ1) is 20.0. The first-order chi connectivity index (χ1) is 14.1. The van der Waals surface area contributed by atoms with Gasteiger partial charge in [-0.05, 0) is 49.7 Å². The maximum atomic E-state index is 13.1. The average molecular weight is 429 g/mol. The van der Waals surface area contributed by atoms with E-state index in [4.69, 9.17) is 23.2 Å². The second kappa shape index (κ2) is 8.99. The lowest BCUT2D eigenvalue weighted by molar-refractivity contribution is 0.0949. The summed E-state index contributed by atoms with van der Waals surface area (Å²) in [5.74, 6) is 0.0767. The number of hydrogen-bond donors (Lipinski definition) is 2. The number of para-hydroxylation sites is 1. The number of amides is 1. The summed E-state index contributed by atoms with van der Waals surface area (Å²) < 4.78 is 1.82. The topological polar surface area (TPSA) is 59.0 Å². The van der Waals surface area contributed by atoms with E-state index in [1.54, 1.807) is 6.20 Å². The zero-order valence-electron chi connectivity index (χ0n) is 15.9. The fourth-order valence-corrected chi connectivity index (χ4v) is 4.17. The Labute approximate surface area is 180 Å². The van der Waals surface area contributed by atoms with E-state index in [2.05, 4.69) is 15.7 Å².